The number of hydrogen-bond acceptors (Lipinski definition) is 5. The maximum Gasteiger partial charge on any atom is 0.234 e. The zero-order valence-corrected chi connectivity index (χ0v) is 16.5. The zero-order valence-electron chi connectivity index (χ0n) is 14.1. The third-order valence-corrected chi connectivity index (χ3v) is 7.02. The lowest BCUT2D eigenvalue weighted by atomic mass is 9.85. The molecule has 0 saturated carbocycles. The zero-order chi connectivity index (χ0) is 17.4. The molecule has 134 valence electrons. The molecule has 2 atom stereocenters. The summed E-state index contributed by atoms with van der Waals surface area (Å²) in [7, 11) is 0. The molecule has 3 aliphatic rings. The maximum atomic E-state index is 12.6. The molecular weight excluding hydrogens is 402 g/mol. The molecule has 2 fully saturated rings. The highest BCUT2D eigenvalue weighted by Crippen LogP contribution is 2.35. The van der Waals surface area contributed by atoms with Crippen LogP contribution in [0.1, 0.15) is 17.7 Å². The van der Waals surface area contributed by atoms with Crippen LogP contribution >= 0.6 is 27.3 Å². The first kappa shape index (κ1) is 17.4. The van der Waals surface area contributed by atoms with Gasteiger partial charge in [0.15, 0.2) is 0 Å². The van der Waals surface area contributed by atoms with Crippen LogP contribution in [0.4, 0.5) is 0 Å². The Morgan fingerprint density at radius 3 is 2.12 bits per heavy atom. The second-order valence-corrected chi connectivity index (χ2v) is 9.55. The number of piperazine rings is 1. The van der Waals surface area contributed by atoms with E-state index in [0.717, 1.165) is 45.6 Å². The lowest BCUT2D eigenvalue weighted by Crippen LogP contribution is -2.50. The van der Waals surface area contributed by atoms with Crippen LogP contribution < -0.4 is 0 Å². The average Bonchev–Trinajstić information content (AvgIpc) is 3.14. The summed E-state index contributed by atoms with van der Waals surface area (Å²) in [6.07, 6.45) is 5.51. The van der Waals surface area contributed by atoms with Gasteiger partial charge in [-0.3, -0.25) is 24.3 Å². The van der Waals surface area contributed by atoms with Crippen molar-refractivity contribution < 1.29 is 9.59 Å². The van der Waals surface area contributed by atoms with E-state index >= 15 is 0 Å². The molecule has 1 aliphatic carbocycles. The van der Waals surface area contributed by atoms with Crippen LogP contribution in [0, 0.1) is 11.8 Å². The van der Waals surface area contributed by atoms with Gasteiger partial charge in [-0.2, -0.15) is 0 Å². The van der Waals surface area contributed by atoms with E-state index in [-0.39, 0.29) is 23.7 Å². The van der Waals surface area contributed by atoms with Crippen LogP contribution in [0.25, 0.3) is 0 Å². The smallest absolute Gasteiger partial charge is 0.234 e. The summed E-state index contributed by atoms with van der Waals surface area (Å²) < 4.78 is 1.17. The molecule has 0 unspecified atom stereocenters. The van der Waals surface area contributed by atoms with Gasteiger partial charge in [-0.15, -0.1) is 11.3 Å². The van der Waals surface area contributed by atoms with Gasteiger partial charge in [0.05, 0.1) is 22.3 Å². The van der Waals surface area contributed by atoms with E-state index in [1.54, 1.807) is 11.3 Å². The van der Waals surface area contributed by atoms with Gasteiger partial charge < -0.3 is 0 Å². The number of fused-ring (bicyclic) bond motifs is 1. The normalized spacial score (nSPS) is 28.0. The summed E-state index contributed by atoms with van der Waals surface area (Å²) in [6, 6.07) is 4.26. The van der Waals surface area contributed by atoms with E-state index in [0.29, 0.717) is 6.67 Å². The Hall–Kier alpha value is -1.02. The van der Waals surface area contributed by atoms with Gasteiger partial charge in [-0.05, 0) is 40.9 Å². The minimum absolute atomic E-state index is 0.0326. The molecule has 1 aromatic heterocycles. The summed E-state index contributed by atoms with van der Waals surface area (Å²) in [4.78, 5) is 32.7. The molecule has 7 heteroatoms. The number of imide groups is 1. The fourth-order valence-electron chi connectivity index (χ4n) is 3.95. The van der Waals surface area contributed by atoms with Crippen molar-refractivity contribution >= 4 is 39.1 Å². The molecule has 0 bridgehead atoms. The van der Waals surface area contributed by atoms with Crippen molar-refractivity contribution in [2.75, 3.05) is 32.8 Å². The van der Waals surface area contributed by atoms with Crippen LogP contribution in [0.15, 0.2) is 28.1 Å². The SMILES string of the molecule is O=C1[C@H]2CC=CC[C@H]2C(=O)N1CN1CCN(Cc2ccc(Br)s2)CC1. The largest absolute Gasteiger partial charge is 0.296 e. The number of rotatable bonds is 4. The van der Waals surface area contributed by atoms with Crippen molar-refractivity contribution in [1.82, 2.24) is 14.7 Å². The Labute approximate surface area is 160 Å². The average molecular weight is 424 g/mol. The summed E-state index contributed by atoms with van der Waals surface area (Å²) >= 11 is 5.29. The molecule has 3 heterocycles. The van der Waals surface area contributed by atoms with Gasteiger partial charge in [0, 0.05) is 37.6 Å². The predicted octanol–water partition coefficient (Wildman–Crippen LogP) is 2.54. The number of hydrogen-bond donors (Lipinski definition) is 0. The maximum absolute atomic E-state index is 12.6. The Kier molecular flexibility index (Phi) is 5.08. The number of nitrogens with zero attached hydrogens (tertiary/aromatic N) is 3. The number of likely N-dealkylation sites (tertiary alicyclic amines) is 1. The predicted molar refractivity (Wildman–Crippen MR) is 101 cm³/mol. The number of carbonyl (C=O) groups is 2. The summed E-state index contributed by atoms with van der Waals surface area (Å²) in [5.41, 5.74) is 0. The lowest BCUT2D eigenvalue weighted by molar-refractivity contribution is -0.142. The van der Waals surface area contributed by atoms with Gasteiger partial charge in [0.1, 0.15) is 0 Å². The van der Waals surface area contributed by atoms with Crippen LogP contribution in [0.3, 0.4) is 0 Å². The van der Waals surface area contributed by atoms with Crippen LogP contribution in [-0.2, 0) is 16.1 Å². The first-order valence-corrected chi connectivity index (χ1v) is 10.4. The highest BCUT2D eigenvalue weighted by Gasteiger charge is 2.47. The summed E-state index contributed by atoms with van der Waals surface area (Å²) in [6.45, 7) is 5.18. The number of amides is 2. The van der Waals surface area contributed by atoms with Gasteiger partial charge in [-0.1, -0.05) is 12.2 Å². The number of carbonyl (C=O) groups excluding carboxylic acids is 2. The van der Waals surface area contributed by atoms with E-state index in [1.807, 2.05) is 12.2 Å². The van der Waals surface area contributed by atoms with Gasteiger partial charge in [0.2, 0.25) is 11.8 Å². The summed E-state index contributed by atoms with van der Waals surface area (Å²) in [5, 5.41) is 0. The Balaban J connectivity index is 1.30. The third-order valence-electron chi connectivity index (χ3n) is 5.41. The molecular formula is C18H22BrN3O2S. The number of thiophene rings is 1. The number of halogens is 1. The van der Waals surface area contributed by atoms with E-state index in [4.69, 9.17) is 0 Å². The van der Waals surface area contributed by atoms with E-state index in [9.17, 15) is 9.59 Å². The third kappa shape index (κ3) is 3.60. The minimum atomic E-state index is -0.115. The van der Waals surface area contributed by atoms with Crippen molar-refractivity contribution in [3.63, 3.8) is 0 Å². The van der Waals surface area contributed by atoms with E-state index in [1.165, 1.54) is 13.6 Å². The fourth-order valence-corrected chi connectivity index (χ4v) is 5.48. The molecule has 0 N–H and O–H groups in total. The molecule has 1 aromatic rings. The van der Waals surface area contributed by atoms with Crippen molar-refractivity contribution in [2.45, 2.75) is 19.4 Å². The van der Waals surface area contributed by atoms with Crippen molar-refractivity contribution in [1.29, 1.82) is 0 Å². The molecule has 5 nitrogen and oxygen atoms in total. The molecule has 0 aromatic carbocycles. The molecule has 2 aliphatic heterocycles. The molecule has 2 saturated heterocycles. The monoisotopic (exact) mass is 423 g/mol. The van der Waals surface area contributed by atoms with E-state index < -0.39 is 0 Å². The van der Waals surface area contributed by atoms with Crippen molar-refractivity contribution in [3.8, 4) is 0 Å². The van der Waals surface area contributed by atoms with Crippen LogP contribution in [0.5, 0.6) is 0 Å². The molecule has 2 amide bonds. The number of allylic oxidation sites excluding steroid dienone is 2. The minimum Gasteiger partial charge on any atom is -0.296 e. The Morgan fingerprint density at radius 2 is 1.56 bits per heavy atom. The van der Waals surface area contributed by atoms with Crippen LogP contribution in [0.2, 0.25) is 0 Å². The van der Waals surface area contributed by atoms with Crippen molar-refractivity contribution in [2.24, 2.45) is 11.8 Å². The molecule has 0 spiro atoms. The van der Waals surface area contributed by atoms with Gasteiger partial charge in [0.25, 0.3) is 0 Å². The fraction of sp³-hybridized carbons (Fsp3) is 0.556. The molecule has 25 heavy (non-hydrogen) atoms. The first-order valence-electron chi connectivity index (χ1n) is 8.81. The van der Waals surface area contributed by atoms with E-state index in [2.05, 4.69) is 37.9 Å². The standard InChI is InChI=1S/C18H22BrN3O2S/c19-16-6-5-13(25-16)11-20-7-9-21(10-8-20)12-22-17(23)14-3-1-2-4-15(14)18(22)24/h1-2,5-6,14-15H,3-4,7-12H2/t14-,15+. The van der Waals surface area contributed by atoms with Crippen LogP contribution in [-0.4, -0.2) is 59.4 Å². The van der Waals surface area contributed by atoms with Crippen molar-refractivity contribution in [3.05, 3.63) is 32.9 Å². The lowest BCUT2D eigenvalue weighted by Gasteiger charge is -2.36. The van der Waals surface area contributed by atoms with Gasteiger partial charge in [-0.25, -0.2) is 0 Å². The van der Waals surface area contributed by atoms with Gasteiger partial charge >= 0.3 is 0 Å². The quantitative estimate of drug-likeness (QED) is 0.551. The summed E-state index contributed by atoms with van der Waals surface area (Å²) in [5.74, 6) is -0.164. The first-order chi connectivity index (χ1) is 12.1. The topological polar surface area (TPSA) is 43.9 Å². The second-order valence-electron chi connectivity index (χ2n) is 7.00. The molecule has 0 radical (unpaired) electrons. The Morgan fingerprint density at radius 1 is 0.960 bits per heavy atom. The highest BCUT2D eigenvalue weighted by atomic mass is 79.9. The highest BCUT2D eigenvalue weighted by molar-refractivity contribution is 9.11. The second kappa shape index (κ2) is 7.31. The Bertz CT molecular complexity index is 670. The molecule has 4 rings (SSSR count).